The molecule has 0 saturated carbocycles. The van der Waals surface area contributed by atoms with E-state index in [4.69, 9.17) is 4.89 Å². The summed E-state index contributed by atoms with van der Waals surface area (Å²) in [5.41, 5.74) is 0.613. The molecule has 10 heavy (non-hydrogen) atoms. The van der Waals surface area contributed by atoms with Gasteiger partial charge in [0.05, 0.1) is 0 Å². The van der Waals surface area contributed by atoms with Gasteiger partial charge in [-0.25, -0.2) is 4.39 Å². The summed E-state index contributed by atoms with van der Waals surface area (Å²) < 4.78 is 12.7. The van der Waals surface area contributed by atoms with Crippen molar-refractivity contribution in [2.24, 2.45) is 0 Å². The first-order chi connectivity index (χ1) is 4.74. The van der Waals surface area contributed by atoms with Crippen molar-refractivity contribution in [1.82, 2.24) is 0 Å². The zero-order valence-electron chi connectivity index (χ0n) is 5.56. The maximum Gasteiger partial charge on any atom is 0.126 e. The Morgan fingerprint density at radius 3 is 2.70 bits per heavy atom. The quantitative estimate of drug-likeness (QED) is 0.611. The lowest BCUT2D eigenvalue weighted by Gasteiger charge is -1.97. The van der Waals surface area contributed by atoms with Crippen LogP contribution in [-0.2, 0) is 0 Å². The van der Waals surface area contributed by atoms with Gasteiger partial charge in [0.25, 0.3) is 0 Å². The van der Waals surface area contributed by atoms with Crippen LogP contribution in [0.1, 0.15) is 5.56 Å². The van der Waals surface area contributed by atoms with E-state index in [1.165, 1.54) is 6.07 Å². The molecular weight excluding hydrogens is 150 g/mol. The average molecular weight is 158 g/mol. The normalized spacial score (nSPS) is 11.1. The second-order valence-electron chi connectivity index (χ2n) is 2.08. The summed E-state index contributed by atoms with van der Waals surface area (Å²) in [7, 11) is -0.317. The molecule has 0 aliphatic carbocycles. The summed E-state index contributed by atoms with van der Waals surface area (Å²) >= 11 is 0. The van der Waals surface area contributed by atoms with Crippen LogP contribution in [0.25, 0.3) is 0 Å². The molecule has 3 heteroatoms. The molecule has 0 amide bonds. The maximum absolute atomic E-state index is 12.7. The SMILES string of the molecule is Cc1ccc(PO)cc1F. The van der Waals surface area contributed by atoms with E-state index in [1.807, 2.05) is 0 Å². The van der Waals surface area contributed by atoms with Gasteiger partial charge in [-0.2, -0.15) is 0 Å². The minimum atomic E-state index is -0.317. The molecule has 1 aromatic carbocycles. The molecule has 1 atom stereocenters. The van der Waals surface area contributed by atoms with Gasteiger partial charge in [0.15, 0.2) is 0 Å². The van der Waals surface area contributed by atoms with Crippen molar-refractivity contribution in [3.8, 4) is 0 Å². The predicted molar refractivity (Wildman–Crippen MR) is 41.3 cm³/mol. The number of benzene rings is 1. The zero-order chi connectivity index (χ0) is 7.56. The fourth-order valence-electron chi connectivity index (χ4n) is 0.662. The van der Waals surface area contributed by atoms with Crippen molar-refractivity contribution in [1.29, 1.82) is 0 Å². The molecule has 0 spiro atoms. The third-order valence-corrected chi connectivity index (χ3v) is 1.87. The number of aryl methyl sites for hydroxylation is 1. The third kappa shape index (κ3) is 1.53. The Bertz CT molecular complexity index is 237. The van der Waals surface area contributed by atoms with Crippen molar-refractivity contribution in [3.63, 3.8) is 0 Å². The summed E-state index contributed by atoms with van der Waals surface area (Å²) in [5.74, 6) is -0.251. The molecule has 1 N–H and O–H groups in total. The molecule has 1 rings (SSSR count). The third-order valence-electron chi connectivity index (χ3n) is 1.30. The van der Waals surface area contributed by atoms with Crippen molar-refractivity contribution >= 4 is 14.1 Å². The topological polar surface area (TPSA) is 20.2 Å². The molecule has 0 bridgehead atoms. The first-order valence-corrected chi connectivity index (χ1v) is 3.85. The second-order valence-corrected chi connectivity index (χ2v) is 2.88. The molecule has 0 fully saturated rings. The fraction of sp³-hybridized carbons (Fsp3) is 0.143. The molecule has 1 aromatic rings. The second kappa shape index (κ2) is 3.09. The smallest absolute Gasteiger partial charge is 0.126 e. The number of hydrogen-bond acceptors (Lipinski definition) is 1. The van der Waals surface area contributed by atoms with Gasteiger partial charge in [0.2, 0.25) is 0 Å². The summed E-state index contributed by atoms with van der Waals surface area (Å²) in [6.45, 7) is 1.69. The van der Waals surface area contributed by atoms with E-state index in [2.05, 4.69) is 0 Å². The zero-order valence-corrected chi connectivity index (χ0v) is 6.56. The van der Waals surface area contributed by atoms with E-state index < -0.39 is 0 Å². The molecule has 0 aliphatic rings. The van der Waals surface area contributed by atoms with Crippen molar-refractivity contribution in [2.45, 2.75) is 6.92 Å². The Morgan fingerprint density at radius 2 is 2.20 bits per heavy atom. The van der Waals surface area contributed by atoms with Crippen LogP contribution in [0.15, 0.2) is 18.2 Å². The molecule has 0 saturated heterocycles. The highest BCUT2D eigenvalue weighted by atomic mass is 31.1. The van der Waals surface area contributed by atoms with E-state index in [0.29, 0.717) is 10.9 Å². The van der Waals surface area contributed by atoms with E-state index in [9.17, 15) is 4.39 Å². The molecule has 1 unspecified atom stereocenters. The summed E-state index contributed by atoms with van der Waals surface area (Å²) in [6.07, 6.45) is 0. The first-order valence-electron chi connectivity index (χ1n) is 2.90. The lowest BCUT2D eigenvalue weighted by molar-refractivity contribution is 0.618. The Balaban J connectivity index is 3.04. The Labute approximate surface area is 60.8 Å². The number of rotatable bonds is 1. The van der Waals surface area contributed by atoms with Crippen LogP contribution in [-0.4, -0.2) is 4.89 Å². The molecule has 0 aliphatic heterocycles. The minimum absolute atomic E-state index is 0.251. The van der Waals surface area contributed by atoms with Crippen LogP contribution in [0.2, 0.25) is 0 Å². The summed E-state index contributed by atoms with van der Waals surface area (Å²) in [4.78, 5) is 8.61. The molecule has 0 radical (unpaired) electrons. The minimum Gasteiger partial charge on any atom is -0.372 e. The van der Waals surface area contributed by atoms with Gasteiger partial charge in [0, 0.05) is 14.1 Å². The highest BCUT2D eigenvalue weighted by Gasteiger charge is 1.96. The van der Waals surface area contributed by atoms with Crippen LogP contribution in [0.5, 0.6) is 0 Å². The van der Waals surface area contributed by atoms with Crippen LogP contribution in [0.3, 0.4) is 0 Å². The standard InChI is InChI=1S/C7H8FOP/c1-5-2-3-6(10-9)4-7(5)8/h2-4,9-10H,1H3. The van der Waals surface area contributed by atoms with Crippen molar-refractivity contribution in [3.05, 3.63) is 29.6 Å². The Hall–Kier alpha value is -0.460. The Morgan fingerprint density at radius 1 is 1.50 bits per heavy atom. The highest BCUT2D eigenvalue weighted by molar-refractivity contribution is 7.40. The fourth-order valence-corrected chi connectivity index (χ4v) is 1.01. The van der Waals surface area contributed by atoms with Gasteiger partial charge in [-0.3, -0.25) is 0 Å². The van der Waals surface area contributed by atoms with Gasteiger partial charge in [-0.1, -0.05) is 12.1 Å². The van der Waals surface area contributed by atoms with Gasteiger partial charge < -0.3 is 4.89 Å². The van der Waals surface area contributed by atoms with E-state index in [1.54, 1.807) is 19.1 Å². The van der Waals surface area contributed by atoms with E-state index >= 15 is 0 Å². The summed E-state index contributed by atoms with van der Waals surface area (Å²) in [6, 6.07) is 4.73. The van der Waals surface area contributed by atoms with Crippen LogP contribution < -0.4 is 5.30 Å². The number of hydrogen-bond donors (Lipinski definition) is 1. The lowest BCUT2D eigenvalue weighted by Crippen LogP contribution is -1.95. The van der Waals surface area contributed by atoms with E-state index in [0.717, 1.165) is 0 Å². The average Bonchev–Trinajstić information content (AvgIpc) is 1.95. The predicted octanol–water partition coefficient (Wildman–Crippen LogP) is 1.35. The molecule has 0 aromatic heterocycles. The number of halogens is 1. The van der Waals surface area contributed by atoms with Crippen LogP contribution >= 0.6 is 8.81 Å². The first kappa shape index (κ1) is 7.64. The monoisotopic (exact) mass is 158 g/mol. The van der Waals surface area contributed by atoms with Crippen molar-refractivity contribution in [2.75, 3.05) is 0 Å². The van der Waals surface area contributed by atoms with Crippen LogP contribution in [0, 0.1) is 12.7 Å². The van der Waals surface area contributed by atoms with Crippen molar-refractivity contribution < 1.29 is 9.28 Å². The maximum atomic E-state index is 12.7. The van der Waals surface area contributed by atoms with Gasteiger partial charge in [-0.05, 0) is 18.6 Å². The molecule has 1 nitrogen and oxygen atoms in total. The molecule has 0 heterocycles. The lowest BCUT2D eigenvalue weighted by atomic mass is 10.2. The Kier molecular flexibility index (Phi) is 2.36. The molecule has 54 valence electrons. The van der Waals surface area contributed by atoms with Gasteiger partial charge >= 0.3 is 0 Å². The van der Waals surface area contributed by atoms with Crippen LogP contribution in [0.4, 0.5) is 4.39 Å². The summed E-state index contributed by atoms with van der Waals surface area (Å²) in [5, 5.41) is 0.642. The van der Waals surface area contributed by atoms with Gasteiger partial charge in [-0.15, -0.1) is 0 Å². The largest absolute Gasteiger partial charge is 0.372 e. The van der Waals surface area contributed by atoms with E-state index in [-0.39, 0.29) is 14.6 Å². The highest BCUT2D eigenvalue weighted by Crippen LogP contribution is 2.08. The molecular formula is C7H8FOP. The van der Waals surface area contributed by atoms with Gasteiger partial charge in [0.1, 0.15) is 5.82 Å².